The van der Waals surface area contributed by atoms with Gasteiger partial charge in [-0.25, -0.2) is 0 Å². The fraction of sp³-hybridized carbons (Fsp3) is 1.00. The van der Waals surface area contributed by atoms with Gasteiger partial charge in [0.15, 0.2) is 8.69 Å². The fourth-order valence-electron chi connectivity index (χ4n) is 0.504. The van der Waals surface area contributed by atoms with Crippen molar-refractivity contribution in [2.24, 2.45) is 0 Å². The van der Waals surface area contributed by atoms with Crippen LogP contribution in [0.4, 0.5) is 0 Å². The highest BCUT2D eigenvalue weighted by molar-refractivity contribution is 7.17. The smallest absolute Gasteiger partial charge is 0.180 e. The summed E-state index contributed by atoms with van der Waals surface area (Å²) in [5.74, 6) is 0. The van der Waals surface area contributed by atoms with E-state index in [-0.39, 0.29) is 0 Å². The predicted molar refractivity (Wildman–Crippen MR) is 42.1 cm³/mol. The second-order valence-electron chi connectivity index (χ2n) is 1.93. The van der Waals surface area contributed by atoms with E-state index in [1.54, 1.807) is 0 Å². The van der Waals surface area contributed by atoms with E-state index in [1.165, 1.54) is 0 Å². The summed E-state index contributed by atoms with van der Waals surface area (Å²) in [5.41, 5.74) is 0. The molecule has 62 valence electrons. The Kier molecular flexibility index (Phi) is 9.29. The first-order valence-electron chi connectivity index (χ1n) is 3.54. The van der Waals surface area contributed by atoms with Gasteiger partial charge in [0.25, 0.3) is 0 Å². The van der Waals surface area contributed by atoms with Crippen LogP contribution in [-0.2, 0) is 13.8 Å². The van der Waals surface area contributed by atoms with E-state index in [1.807, 2.05) is 0 Å². The Balaban J connectivity index is 2.70. The number of rotatable bonds is 7. The van der Waals surface area contributed by atoms with Crippen molar-refractivity contribution >= 4 is 8.69 Å². The van der Waals surface area contributed by atoms with E-state index in [0.29, 0.717) is 13.2 Å². The molecule has 0 aromatic rings. The quantitative estimate of drug-likeness (QED) is 0.424. The topological polar surface area (TPSA) is 35.5 Å². The average Bonchev–Trinajstić information content (AvgIpc) is 1.97. The Labute approximate surface area is 63.0 Å². The molecule has 0 spiro atoms. The van der Waals surface area contributed by atoms with Crippen LogP contribution in [-0.4, -0.2) is 19.8 Å². The second-order valence-corrected chi connectivity index (χ2v) is 2.46. The SMILES string of the molecule is CCCCOCCO[PH2]=O. The van der Waals surface area contributed by atoms with Crippen LogP contribution in [0.15, 0.2) is 0 Å². The normalized spacial score (nSPS) is 11.3. The lowest BCUT2D eigenvalue weighted by atomic mass is 10.4. The molecule has 0 bridgehead atoms. The maximum atomic E-state index is 9.82. The third kappa shape index (κ3) is 8.15. The maximum absolute atomic E-state index is 9.82. The molecule has 0 saturated heterocycles. The van der Waals surface area contributed by atoms with Crippen molar-refractivity contribution in [1.82, 2.24) is 0 Å². The van der Waals surface area contributed by atoms with E-state index in [0.717, 1.165) is 19.4 Å². The lowest BCUT2D eigenvalue weighted by molar-refractivity contribution is 0.102. The number of ether oxygens (including phenoxy) is 1. The molecule has 0 aromatic carbocycles. The Bertz CT molecular complexity index is 77.4. The Morgan fingerprint density at radius 3 is 2.70 bits per heavy atom. The minimum atomic E-state index is -1.06. The lowest BCUT2D eigenvalue weighted by Gasteiger charge is -1.99. The predicted octanol–water partition coefficient (Wildman–Crippen LogP) is 1.49. The molecule has 0 radical (unpaired) electrons. The molecule has 3 nitrogen and oxygen atoms in total. The molecule has 10 heavy (non-hydrogen) atoms. The van der Waals surface area contributed by atoms with Gasteiger partial charge in [-0.2, -0.15) is 0 Å². The van der Waals surface area contributed by atoms with Crippen LogP contribution in [0.25, 0.3) is 0 Å². The van der Waals surface area contributed by atoms with Gasteiger partial charge in [-0.05, 0) is 6.42 Å². The standard InChI is InChI=1S/C6H15O3P/c1-2-3-4-8-5-6-9-10-7/h2-6,10H2,1H3. The van der Waals surface area contributed by atoms with Crippen LogP contribution in [0.1, 0.15) is 19.8 Å². The summed E-state index contributed by atoms with van der Waals surface area (Å²) in [7, 11) is -1.06. The van der Waals surface area contributed by atoms with Crippen molar-refractivity contribution in [1.29, 1.82) is 0 Å². The molecule has 0 rings (SSSR count). The summed E-state index contributed by atoms with van der Waals surface area (Å²) in [6.07, 6.45) is 2.23. The van der Waals surface area contributed by atoms with Crippen molar-refractivity contribution in [2.45, 2.75) is 19.8 Å². The highest BCUT2D eigenvalue weighted by Gasteiger charge is 1.85. The molecule has 0 fully saturated rings. The zero-order chi connectivity index (χ0) is 7.66. The van der Waals surface area contributed by atoms with E-state index in [9.17, 15) is 4.57 Å². The summed E-state index contributed by atoms with van der Waals surface area (Å²) >= 11 is 0. The minimum Gasteiger partial charge on any atom is -0.379 e. The van der Waals surface area contributed by atoms with Crippen molar-refractivity contribution in [3.05, 3.63) is 0 Å². The fourth-order valence-corrected chi connectivity index (χ4v) is 0.696. The zero-order valence-electron chi connectivity index (χ0n) is 6.34. The molecule has 4 heteroatoms. The molecule has 0 aliphatic heterocycles. The Hall–Kier alpha value is 0.150. The van der Waals surface area contributed by atoms with E-state index in [2.05, 4.69) is 11.4 Å². The first-order chi connectivity index (χ1) is 4.91. The van der Waals surface area contributed by atoms with Gasteiger partial charge in [0.05, 0.1) is 13.2 Å². The summed E-state index contributed by atoms with van der Waals surface area (Å²) in [6, 6.07) is 0. The minimum absolute atomic E-state index is 0.461. The summed E-state index contributed by atoms with van der Waals surface area (Å²) in [6.45, 7) is 3.92. The van der Waals surface area contributed by atoms with E-state index >= 15 is 0 Å². The molecule has 1 atom stereocenters. The van der Waals surface area contributed by atoms with Crippen molar-refractivity contribution in [3.63, 3.8) is 0 Å². The zero-order valence-corrected chi connectivity index (χ0v) is 7.49. The van der Waals surface area contributed by atoms with Gasteiger partial charge < -0.3 is 9.26 Å². The molecule has 0 heterocycles. The largest absolute Gasteiger partial charge is 0.379 e. The molecule has 1 unspecified atom stereocenters. The van der Waals surface area contributed by atoms with Gasteiger partial charge in [0.1, 0.15) is 0 Å². The van der Waals surface area contributed by atoms with Crippen molar-refractivity contribution in [2.75, 3.05) is 19.8 Å². The molecule has 0 aliphatic carbocycles. The molecule has 0 amide bonds. The van der Waals surface area contributed by atoms with Crippen LogP contribution in [0, 0.1) is 0 Å². The van der Waals surface area contributed by atoms with Crippen molar-refractivity contribution < 1.29 is 13.8 Å². The third-order valence-corrected chi connectivity index (χ3v) is 1.43. The van der Waals surface area contributed by atoms with Crippen molar-refractivity contribution in [3.8, 4) is 0 Å². The molecule has 0 N–H and O–H groups in total. The molecule has 0 aromatic heterocycles. The van der Waals surface area contributed by atoms with Crippen LogP contribution in [0.2, 0.25) is 0 Å². The summed E-state index contributed by atoms with van der Waals surface area (Å²) in [5, 5.41) is 0. The van der Waals surface area contributed by atoms with E-state index in [4.69, 9.17) is 4.74 Å². The number of unbranched alkanes of at least 4 members (excludes halogenated alkanes) is 1. The third-order valence-electron chi connectivity index (χ3n) is 1.06. The van der Waals surface area contributed by atoms with Gasteiger partial charge in [-0.15, -0.1) is 0 Å². The highest BCUT2D eigenvalue weighted by atomic mass is 31.1. The first kappa shape index (κ1) is 10.2. The van der Waals surface area contributed by atoms with Crippen LogP contribution < -0.4 is 0 Å². The maximum Gasteiger partial charge on any atom is 0.180 e. The van der Waals surface area contributed by atoms with Gasteiger partial charge in [-0.3, -0.25) is 4.57 Å². The van der Waals surface area contributed by atoms with Gasteiger partial charge in [0, 0.05) is 6.61 Å². The molecule has 0 aliphatic rings. The van der Waals surface area contributed by atoms with Gasteiger partial charge in [0.2, 0.25) is 0 Å². The average molecular weight is 166 g/mol. The molecule has 0 saturated carbocycles. The second kappa shape index (κ2) is 9.15. The summed E-state index contributed by atoms with van der Waals surface area (Å²) < 4.78 is 19.6. The molecular weight excluding hydrogens is 151 g/mol. The van der Waals surface area contributed by atoms with Crippen LogP contribution in [0.3, 0.4) is 0 Å². The first-order valence-corrected chi connectivity index (χ1v) is 4.49. The molecular formula is C6H15O3P. The number of hydrogen-bond acceptors (Lipinski definition) is 3. The van der Waals surface area contributed by atoms with Gasteiger partial charge >= 0.3 is 0 Å². The Morgan fingerprint density at radius 2 is 2.10 bits per heavy atom. The van der Waals surface area contributed by atoms with Crippen LogP contribution >= 0.6 is 8.69 Å². The lowest BCUT2D eigenvalue weighted by Crippen LogP contribution is -2.00. The monoisotopic (exact) mass is 166 g/mol. The highest BCUT2D eigenvalue weighted by Crippen LogP contribution is 1.93. The Morgan fingerprint density at radius 1 is 1.30 bits per heavy atom. The van der Waals surface area contributed by atoms with Crippen LogP contribution in [0.5, 0.6) is 0 Å². The number of hydrogen-bond donors (Lipinski definition) is 0. The summed E-state index contributed by atoms with van der Waals surface area (Å²) in [4.78, 5) is 0. The van der Waals surface area contributed by atoms with E-state index < -0.39 is 8.69 Å². The van der Waals surface area contributed by atoms with Gasteiger partial charge in [-0.1, -0.05) is 13.3 Å².